The SMILES string of the molecule is Cc1ccc(NC(=O)c2cccc(C(F)(F)F)n2)cc1C#Cc1nn(C2CCN(C)CC2)c2ncnc(N)c12. The van der Waals surface area contributed by atoms with Crippen molar-refractivity contribution in [3.8, 4) is 11.8 Å². The summed E-state index contributed by atoms with van der Waals surface area (Å²) >= 11 is 0. The number of pyridine rings is 1. The summed E-state index contributed by atoms with van der Waals surface area (Å²) in [7, 11) is 2.09. The Morgan fingerprint density at radius 1 is 1.13 bits per heavy atom. The van der Waals surface area contributed by atoms with Crippen molar-refractivity contribution in [1.82, 2.24) is 29.6 Å². The van der Waals surface area contributed by atoms with Crippen LogP contribution in [0.25, 0.3) is 11.0 Å². The molecule has 1 aromatic carbocycles. The van der Waals surface area contributed by atoms with Crippen LogP contribution < -0.4 is 11.1 Å². The molecule has 3 N–H and O–H groups in total. The molecule has 5 rings (SSSR count). The van der Waals surface area contributed by atoms with Crippen LogP contribution in [-0.4, -0.2) is 55.7 Å². The van der Waals surface area contributed by atoms with E-state index < -0.39 is 17.8 Å². The lowest BCUT2D eigenvalue weighted by atomic mass is 10.1. The summed E-state index contributed by atoms with van der Waals surface area (Å²) in [5, 5.41) is 7.93. The van der Waals surface area contributed by atoms with Crippen LogP contribution in [0.2, 0.25) is 0 Å². The number of anilines is 2. The Bertz CT molecular complexity index is 1610. The second-order valence-corrected chi connectivity index (χ2v) is 9.42. The van der Waals surface area contributed by atoms with Crippen molar-refractivity contribution in [2.24, 2.45) is 0 Å². The number of halogens is 3. The summed E-state index contributed by atoms with van der Waals surface area (Å²) in [6, 6.07) is 8.38. The van der Waals surface area contributed by atoms with E-state index in [2.05, 4.69) is 44.1 Å². The van der Waals surface area contributed by atoms with Gasteiger partial charge in [0.05, 0.1) is 11.4 Å². The topological polar surface area (TPSA) is 115 Å². The van der Waals surface area contributed by atoms with Crippen LogP contribution in [0, 0.1) is 18.8 Å². The minimum absolute atomic E-state index is 0.165. The number of aryl methyl sites for hydroxylation is 1. The van der Waals surface area contributed by atoms with E-state index in [1.165, 1.54) is 12.4 Å². The molecule has 0 spiro atoms. The minimum atomic E-state index is -4.65. The zero-order valence-corrected chi connectivity index (χ0v) is 21.3. The van der Waals surface area contributed by atoms with E-state index in [1.807, 2.05) is 11.6 Å². The fraction of sp³-hybridized carbons (Fsp3) is 0.296. The van der Waals surface area contributed by atoms with Gasteiger partial charge >= 0.3 is 6.18 Å². The number of amides is 1. The van der Waals surface area contributed by atoms with Crippen molar-refractivity contribution in [3.05, 3.63) is 70.9 Å². The largest absolute Gasteiger partial charge is 0.433 e. The number of piperidine rings is 1. The summed E-state index contributed by atoms with van der Waals surface area (Å²) in [6.45, 7) is 3.75. The third-order valence-electron chi connectivity index (χ3n) is 6.64. The number of hydrogen-bond acceptors (Lipinski definition) is 7. The molecule has 0 aliphatic carbocycles. The molecule has 0 atom stereocenters. The Balaban J connectivity index is 1.44. The van der Waals surface area contributed by atoms with Crippen LogP contribution in [-0.2, 0) is 6.18 Å². The number of carbonyl (C=O) groups excluding carboxylic acids is 1. The van der Waals surface area contributed by atoms with E-state index in [0.717, 1.165) is 43.6 Å². The number of hydrogen-bond donors (Lipinski definition) is 2. The minimum Gasteiger partial charge on any atom is -0.383 e. The quantitative estimate of drug-likeness (QED) is 0.381. The Morgan fingerprint density at radius 2 is 1.90 bits per heavy atom. The highest BCUT2D eigenvalue weighted by molar-refractivity contribution is 6.03. The predicted molar refractivity (Wildman–Crippen MR) is 140 cm³/mol. The van der Waals surface area contributed by atoms with Crippen molar-refractivity contribution >= 4 is 28.4 Å². The van der Waals surface area contributed by atoms with Crippen LogP contribution >= 0.6 is 0 Å². The molecule has 1 aliphatic heterocycles. The average Bonchev–Trinajstić information content (AvgIpc) is 3.29. The van der Waals surface area contributed by atoms with E-state index in [0.29, 0.717) is 28.0 Å². The van der Waals surface area contributed by atoms with E-state index in [4.69, 9.17) is 10.8 Å². The normalized spacial score (nSPS) is 14.7. The average molecular weight is 535 g/mol. The number of nitrogen functional groups attached to an aromatic ring is 1. The van der Waals surface area contributed by atoms with E-state index in [-0.39, 0.29) is 17.6 Å². The van der Waals surface area contributed by atoms with Gasteiger partial charge in [0, 0.05) is 11.3 Å². The van der Waals surface area contributed by atoms with Gasteiger partial charge in [-0.2, -0.15) is 18.3 Å². The maximum Gasteiger partial charge on any atom is 0.433 e. The first kappa shape index (κ1) is 26.1. The Kier molecular flexibility index (Phi) is 6.93. The molecule has 1 fully saturated rings. The molecule has 200 valence electrons. The van der Waals surface area contributed by atoms with Gasteiger partial charge in [0.15, 0.2) is 5.65 Å². The Hall–Kier alpha value is -4.50. The third-order valence-corrected chi connectivity index (χ3v) is 6.64. The molecule has 0 bridgehead atoms. The fourth-order valence-corrected chi connectivity index (χ4v) is 4.45. The number of likely N-dealkylation sites (tertiary alicyclic amines) is 1. The van der Waals surface area contributed by atoms with Crippen LogP contribution in [0.5, 0.6) is 0 Å². The van der Waals surface area contributed by atoms with Crippen molar-refractivity contribution in [2.45, 2.75) is 32.0 Å². The van der Waals surface area contributed by atoms with E-state index in [9.17, 15) is 18.0 Å². The van der Waals surface area contributed by atoms with E-state index in [1.54, 1.807) is 18.2 Å². The molecule has 4 heterocycles. The van der Waals surface area contributed by atoms with Gasteiger partial charge in [-0.05, 0) is 75.7 Å². The van der Waals surface area contributed by atoms with Gasteiger partial charge in [0.25, 0.3) is 5.91 Å². The molecule has 9 nitrogen and oxygen atoms in total. The van der Waals surface area contributed by atoms with Gasteiger partial charge in [-0.3, -0.25) is 4.79 Å². The number of aromatic nitrogens is 5. The summed E-state index contributed by atoms with van der Waals surface area (Å²) in [4.78, 5) is 26.9. The number of alkyl halides is 3. The summed E-state index contributed by atoms with van der Waals surface area (Å²) < 4.78 is 40.9. The third kappa shape index (κ3) is 5.53. The lowest BCUT2D eigenvalue weighted by Gasteiger charge is -2.29. The molecular formula is C27H25F3N8O. The van der Waals surface area contributed by atoms with Crippen molar-refractivity contribution in [2.75, 3.05) is 31.2 Å². The van der Waals surface area contributed by atoms with E-state index >= 15 is 0 Å². The number of nitrogens with zero attached hydrogens (tertiary/aromatic N) is 6. The van der Waals surface area contributed by atoms with Crippen LogP contribution in [0.1, 0.15) is 51.9 Å². The number of benzene rings is 1. The molecule has 0 radical (unpaired) electrons. The van der Waals surface area contributed by atoms with Crippen molar-refractivity contribution in [1.29, 1.82) is 0 Å². The maximum absolute atomic E-state index is 13.0. The molecule has 3 aromatic heterocycles. The van der Waals surface area contributed by atoms with Gasteiger partial charge in [-0.15, -0.1) is 0 Å². The molecule has 0 saturated carbocycles. The standard InChI is InChI=1S/C27H25F3N8O/c1-16-6-8-18(34-26(39)21-4-3-5-22(35-21)27(28,29)30)14-17(16)7-9-20-23-24(31)32-15-33-25(23)38(36-20)19-10-12-37(2)13-11-19/h3-6,8,14-15,19H,10-13H2,1-2H3,(H,34,39)(H2,31,32,33). The lowest BCUT2D eigenvalue weighted by molar-refractivity contribution is -0.141. The molecule has 39 heavy (non-hydrogen) atoms. The second-order valence-electron chi connectivity index (χ2n) is 9.42. The molecule has 0 unspecified atom stereocenters. The van der Waals surface area contributed by atoms with Gasteiger partial charge < -0.3 is 16.0 Å². The molecule has 1 amide bonds. The van der Waals surface area contributed by atoms with Crippen LogP contribution in [0.3, 0.4) is 0 Å². The first-order chi connectivity index (χ1) is 18.6. The van der Waals surface area contributed by atoms with Gasteiger partial charge in [-0.25, -0.2) is 19.6 Å². The molecule has 1 saturated heterocycles. The molecule has 12 heteroatoms. The fourth-order valence-electron chi connectivity index (χ4n) is 4.45. The smallest absolute Gasteiger partial charge is 0.383 e. The zero-order valence-electron chi connectivity index (χ0n) is 21.3. The van der Waals surface area contributed by atoms with Crippen molar-refractivity contribution < 1.29 is 18.0 Å². The maximum atomic E-state index is 13.0. The van der Waals surface area contributed by atoms with Gasteiger partial charge in [0.1, 0.15) is 29.2 Å². The number of nitrogens with one attached hydrogen (secondary N) is 1. The summed E-state index contributed by atoms with van der Waals surface area (Å²) in [6.07, 6.45) is -1.39. The number of fused-ring (bicyclic) bond motifs is 1. The molecular weight excluding hydrogens is 509 g/mol. The second kappa shape index (κ2) is 10.3. The number of nitrogens with two attached hydrogens (primary N) is 1. The zero-order chi connectivity index (χ0) is 27.7. The first-order valence-corrected chi connectivity index (χ1v) is 12.3. The monoisotopic (exact) mass is 534 g/mol. The predicted octanol–water partition coefficient (Wildman–Crippen LogP) is 4.05. The molecule has 4 aromatic rings. The summed E-state index contributed by atoms with van der Waals surface area (Å²) in [5.74, 6) is 5.70. The Morgan fingerprint density at radius 3 is 2.64 bits per heavy atom. The highest BCUT2D eigenvalue weighted by Gasteiger charge is 2.33. The number of rotatable bonds is 3. The Labute approximate surface area is 222 Å². The summed E-state index contributed by atoms with van der Waals surface area (Å²) in [5.41, 5.74) is 7.58. The van der Waals surface area contributed by atoms with Crippen molar-refractivity contribution in [3.63, 3.8) is 0 Å². The van der Waals surface area contributed by atoms with Gasteiger partial charge in [-0.1, -0.05) is 18.1 Å². The van der Waals surface area contributed by atoms with Crippen LogP contribution in [0.4, 0.5) is 24.7 Å². The highest BCUT2D eigenvalue weighted by Crippen LogP contribution is 2.29. The highest BCUT2D eigenvalue weighted by atomic mass is 19.4. The van der Waals surface area contributed by atoms with Crippen LogP contribution in [0.15, 0.2) is 42.7 Å². The first-order valence-electron chi connectivity index (χ1n) is 12.3. The number of carbonyl (C=O) groups is 1. The molecule has 1 aliphatic rings. The lowest BCUT2D eigenvalue weighted by Crippen LogP contribution is -2.32. The van der Waals surface area contributed by atoms with Gasteiger partial charge in [0.2, 0.25) is 0 Å².